The summed E-state index contributed by atoms with van der Waals surface area (Å²) in [6.45, 7) is 3.25. The largest absolute Gasteiger partial charge is 0.454 e. The summed E-state index contributed by atoms with van der Waals surface area (Å²) >= 11 is 1.44. The third-order valence-electron chi connectivity index (χ3n) is 2.46. The molecule has 0 unspecified atom stereocenters. The normalized spacial score (nSPS) is 11.6. The van der Waals surface area contributed by atoms with Crippen LogP contribution in [0.3, 0.4) is 0 Å². The SMILES string of the molecule is CSc1ccc(C(=O)C(F)(F)F)c(C)c1C. The summed E-state index contributed by atoms with van der Waals surface area (Å²) in [7, 11) is 0. The molecule has 1 aromatic carbocycles. The Labute approximate surface area is 96.0 Å². The lowest BCUT2D eigenvalue weighted by Gasteiger charge is -2.12. The molecule has 0 aromatic heterocycles. The molecular weight excluding hydrogens is 237 g/mol. The van der Waals surface area contributed by atoms with Gasteiger partial charge in [-0.2, -0.15) is 13.2 Å². The Bertz CT molecular complexity index is 424. The molecule has 5 heteroatoms. The van der Waals surface area contributed by atoms with Gasteiger partial charge >= 0.3 is 6.18 Å². The molecule has 0 spiro atoms. The van der Waals surface area contributed by atoms with Gasteiger partial charge < -0.3 is 0 Å². The Morgan fingerprint density at radius 3 is 2.19 bits per heavy atom. The van der Waals surface area contributed by atoms with E-state index in [9.17, 15) is 18.0 Å². The predicted molar refractivity (Wildman–Crippen MR) is 58.1 cm³/mol. The molecule has 1 aromatic rings. The van der Waals surface area contributed by atoms with E-state index < -0.39 is 12.0 Å². The van der Waals surface area contributed by atoms with E-state index in [1.54, 1.807) is 13.0 Å². The molecule has 0 N–H and O–H groups in total. The van der Waals surface area contributed by atoms with Crippen LogP contribution in [-0.2, 0) is 0 Å². The van der Waals surface area contributed by atoms with Crippen molar-refractivity contribution in [1.29, 1.82) is 0 Å². The van der Waals surface area contributed by atoms with Gasteiger partial charge in [0.25, 0.3) is 5.78 Å². The second-order valence-electron chi connectivity index (χ2n) is 3.39. The van der Waals surface area contributed by atoms with Gasteiger partial charge in [0.1, 0.15) is 0 Å². The van der Waals surface area contributed by atoms with Crippen LogP contribution in [0.4, 0.5) is 13.2 Å². The van der Waals surface area contributed by atoms with E-state index in [0.29, 0.717) is 5.56 Å². The van der Waals surface area contributed by atoms with Crippen molar-refractivity contribution in [3.8, 4) is 0 Å². The Hall–Kier alpha value is -0.970. The van der Waals surface area contributed by atoms with E-state index in [1.807, 2.05) is 6.26 Å². The van der Waals surface area contributed by atoms with Crippen LogP contribution in [0.2, 0.25) is 0 Å². The molecule has 0 heterocycles. The Morgan fingerprint density at radius 2 is 1.75 bits per heavy atom. The Balaban J connectivity index is 3.28. The van der Waals surface area contributed by atoms with Gasteiger partial charge in [0.05, 0.1) is 0 Å². The minimum absolute atomic E-state index is 0.261. The summed E-state index contributed by atoms with van der Waals surface area (Å²) in [6.07, 6.45) is -2.97. The first-order chi connectivity index (χ1) is 7.29. The van der Waals surface area contributed by atoms with Gasteiger partial charge in [0, 0.05) is 10.5 Å². The molecule has 0 aliphatic heterocycles. The Morgan fingerprint density at radius 1 is 1.19 bits per heavy atom. The smallest absolute Gasteiger partial charge is 0.284 e. The third-order valence-corrected chi connectivity index (χ3v) is 3.34. The first kappa shape index (κ1) is 13.1. The van der Waals surface area contributed by atoms with Crippen LogP contribution in [0.1, 0.15) is 21.5 Å². The van der Waals surface area contributed by atoms with Crippen molar-refractivity contribution in [1.82, 2.24) is 0 Å². The van der Waals surface area contributed by atoms with Crippen LogP contribution in [0.25, 0.3) is 0 Å². The molecule has 0 atom stereocenters. The van der Waals surface area contributed by atoms with Gasteiger partial charge in [-0.15, -0.1) is 11.8 Å². The van der Waals surface area contributed by atoms with Crippen LogP contribution in [0.15, 0.2) is 17.0 Å². The second kappa shape index (κ2) is 4.49. The molecule has 0 aliphatic rings. The lowest BCUT2D eigenvalue weighted by molar-refractivity contribution is -0.0885. The number of hydrogen-bond donors (Lipinski definition) is 0. The average molecular weight is 248 g/mol. The lowest BCUT2D eigenvalue weighted by Crippen LogP contribution is -2.23. The van der Waals surface area contributed by atoms with Crippen LogP contribution in [0.5, 0.6) is 0 Å². The van der Waals surface area contributed by atoms with Crippen molar-refractivity contribution in [2.45, 2.75) is 24.9 Å². The number of hydrogen-bond acceptors (Lipinski definition) is 2. The summed E-state index contributed by atoms with van der Waals surface area (Å²) in [5.41, 5.74) is 0.861. The maximum Gasteiger partial charge on any atom is 0.454 e. The molecule has 88 valence electrons. The minimum Gasteiger partial charge on any atom is -0.284 e. The molecule has 1 nitrogen and oxygen atoms in total. The van der Waals surface area contributed by atoms with Crippen molar-refractivity contribution < 1.29 is 18.0 Å². The zero-order chi connectivity index (χ0) is 12.5. The van der Waals surface area contributed by atoms with Gasteiger partial charge in [-0.05, 0) is 43.4 Å². The number of Topliss-reactive ketones (excluding diaryl/α,β-unsaturated/α-hetero) is 1. The fourth-order valence-corrected chi connectivity index (χ4v) is 2.08. The molecule has 0 radical (unpaired) electrons. The van der Waals surface area contributed by atoms with Crippen molar-refractivity contribution in [3.05, 3.63) is 28.8 Å². The summed E-state index contributed by atoms with van der Waals surface area (Å²) in [6, 6.07) is 2.79. The van der Waals surface area contributed by atoms with Crippen molar-refractivity contribution in [2.24, 2.45) is 0 Å². The molecule has 16 heavy (non-hydrogen) atoms. The molecule has 0 saturated heterocycles. The number of halogens is 3. The number of alkyl halides is 3. The van der Waals surface area contributed by atoms with E-state index in [1.165, 1.54) is 24.8 Å². The molecule has 0 aliphatic carbocycles. The number of ketones is 1. The first-order valence-corrected chi connectivity index (χ1v) is 5.77. The van der Waals surface area contributed by atoms with Crippen molar-refractivity contribution in [2.75, 3.05) is 6.26 Å². The maximum atomic E-state index is 12.3. The minimum atomic E-state index is -4.81. The quantitative estimate of drug-likeness (QED) is 0.585. The van der Waals surface area contributed by atoms with Crippen LogP contribution >= 0.6 is 11.8 Å². The number of benzene rings is 1. The zero-order valence-electron chi connectivity index (χ0n) is 9.11. The molecule has 0 saturated carbocycles. The van der Waals surface area contributed by atoms with E-state index in [-0.39, 0.29) is 5.56 Å². The predicted octanol–water partition coefficient (Wildman–Crippen LogP) is 3.77. The van der Waals surface area contributed by atoms with Gasteiger partial charge in [0.2, 0.25) is 0 Å². The first-order valence-electron chi connectivity index (χ1n) is 4.54. The highest BCUT2D eigenvalue weighted by Crippen LogP contribution is 2.29. The van der Waals surface area contributed by atoms with Crippen LogP contribution in [-0.4, -0.2) is 18.2 Å². The van der Waals surface area contributed by atoms with Crippen molar-refractivity contribution in [3.63, 3.8) is 0 Å². The van der Waals surface area contributed by atoms with E-state index in [4.69, 9.17) is 0 Å². The standard InChI is InChI=1S/C11H11F3OS/c1-6-7(2)9(16-3)5-4-8(6)10(15)11(12,13)14/h4-5H,1-3H3. The highest BCUT2D eigenvalue weighted by Gasteiger charge is 2.40. The molecular formula is C11H11F3OS. The second-order valence-corrected chi connectivity index (χ2v) is 4.24. The summed E-state index contributed by atoms with van der Waals surface area (Å²) < 4.78 is 36.8. The van der Waals surface area contributed by atoms with Crippen LogP contribution in [0, 0.1) is 13.8 Å². The lowest BCUT2D eigenvalue weighted by atomic mass is 10.00. The molecule has 0 bridgehead atoms. The number of rotatable bonds is 2. The van der Waals surface area contributed by atoms with E-state index >= 15 is 0 Å². The summed E-state index contributed by atoms with van der Waals surface area (Å²) in [5.74, 6) is -1.78. The zero-order valence-corrected chi connectivity index (χ0v) is 9.92. The monoisotopic (exact) mass is 248 g/mol. The number of carbonyl (C=O) groups excluding carboxylic acids is 1. The third kappa shape index (κ3) is 2.40. The fraction of sp³-hybridized carbons (Fsp3) is 0.364. The summed E-state index contributed by atoms with van der Waals surface area (Å²) in [5, 5.41) is 0. The maximum absolute atomic E-state index is 12.3. The molecule has 1 rings (SSSR count). The van der Waals surface area contributed by atoms with E-state index in [0.717, 1.165) is 10.5 Å². The summed E-state index contributed by atoms with van der Waals surface area (Å²) in [4.78, 5) is 12.0. The van der Waals surface area contributed by atoms with Gasteiger partial charge in [-0.3, -0.25) is 4.79 Å². The molecule has 0 amide bonds. The average Bonchev–Trinajstić information content (AvgIpc) is 2.20. The van der Waals surface area contributed by atoms with Gasteiger partial charge in [0.15, 0.2) is 0 Å². The molecule has 0 fully saturated rings. The van der Waals surface area contributed by atoms with Gasteiger partial charge in [-0.25, -0.2) is 0 Å². The highest BCUT2D eigenvalue weighted by molar-refractivity contribution is 7.98. The number of carbonyl (C=O) groups is 1. The topological polar surface area (TPSA) is 17.1 Å². The van der Waals surface area contributed by atoms with Crippen LogP contribution < -0.4 is 0 Å². The highest BCUT2D eigenvalue weighted by atomic mass is 32.2. The fourth-order valence-electron chi connectivity index (χ4n) is 1.42. The van der Waals surface area contributed by atoms with Gasteiger partial charge in [-0.1, -0.05) is 0 Å². The van der Waals surface area contributed by atoms with Crippen molar-refractivity contribution >= 4 is 17.5 Å². The van der Waals surface area contributed by atoms with E-state index in [2.05, 4.69) is 0 Å². The Kier molecular flexibility index (Phi) is 3.68. The number of thioether (sulfide) groups is 1.